The molecule has 2 amide bonds. The summed E-state index contributed by atoms with van der Waals surface area (Å²) in [6.07, 6.45) is 0. The highest BCUT2D eigenvalue weighted by Crippen LogP contribution is 2.29. The highest BCUT2D eigenvalue weighted by atomic mass is 35.5. The molecule has 0 aliphatic carbocycles. The van der Waals surface area contributed by atoms with E-state index in [4.69, 9.17) is 34.8 Å². The number of benzene rings is 3. The molecular weight excluding hydrogens is 600 g/mol. The van der Waals surface area contributed by atoms with Crippen molar-refractivity contribution in [1.29, 1.82) is 0 Å². The second-order valence-corrected chi connectivity index (χ2v) is 13.2. The molecule has 1 N–H and O–H groups in total. The molecular formula is C28H29Cl3FN3O4S. The summed E-state index contributed by atoms with van der Waals surface area (Å²) in [7, 11) is -4.31. The number of nitrogens with one attached hydrogen (secondary N) is 1. The Morgan fingerprint density at radius 1 is 0.950 bits per heavy atom. The van der Waals surface area contributed by atoms with Crippen LogP contribution in [-0.4, -0.2) is 43.3 Å². The van der Waals surface area contributed by atoms with E-state index in [1.54, 1.807) is 39.0 Å². The molecule has 7 nitrogen and oxygen atoms in total. The van der Waals surface area contributed by atoms with Crippen LogP contribution in [0.25, 0.3) is 0 Å². The van der Waals surface area contributed by atoms with E-state index in [-0.39, 0.29) is 27.2 Å². The Morgan fingerprint density at radius 3 is 2.17 bits per heavy atom. The average Bonchev–Trinajstić information content (AvgIpc) is 2.87. The van der Waals surface area contributed by atoms with Crippen molar-refractivity contribution in [3.8, 4) is 0 Å². The predicted molar refractivity (Wildman–Crippen MR) is 157 cm³/mol. The lowest BCUT2D eigenvalue weighted by molar-refractivity contribution is -0.140. The van der Waals surface area contributed by atoms with Crippen LogP contribution < -0.4 is 9.62 Å². The second kappa shape index (κ2) is 12.8. The molecule has 3 rings (SSSR count). The van der Waals surface area contributed by atoms with E-state index < -0.39 is 45.8 Å². The standard InChI is InChI=1S/C28H29Cl3FN3O4S/c1-18(27(37)33-28(2,3)4)34(16-19-10-11-20(29)14-23(19)30)26(36)17-35(21-12-13-25(32)24(31)15-21)40(38,39)22-8-6-5-7-9-22/h5-15,18H,16-17H2,1-4H3,(H,33,37). The summed E-state index contributed by atoms with van der Waals surface area (Å²) in [5.41, 5.74) is -0.122. The summed E-state index contributed by atoms with van der Waals surface area (Å²) in [5.74, 6) is -1.91. The fraction of sp³-hybridized carbons (Fsp3) is 0.286. The summed E-state index contributed by atoms with van der Waals surface area (Å²) < 4.78 is 42.3. The first-order chi connectivity index (χ1) is 18.6. The van der Waals surface area contributed by atoms with Gasteiger partial charge in [0.25, 0.3) is 10.0 Å². The van der Waals surface area contributed by atoms with Crippen LogP contribution >= 0.6 is 34.8 Å². The Bertz CT molecular complexity index is 1500. The highest BCUT2D eigenvalue weighted by molar-refractivity contribution is 7.92. The number of hydrogen-bond acceptors (Lipinski definition) is 4. The maximum Gasteiger partial charge on any atom is 0.264 e. The first-order valence-corrected chi connectivity index (χ1v) is 14.8. The largest absolute Gasteiger partial charge is 0.350 e. The van der Waals surface area contributed by atoms with Gasteiger partial charge in [0.2, 0.25) is 11.8 Å². The van der Waals surface area contributed by atoms with Gasteiger partial charge in [-0.1, -0.05) is 59.1 Å². The fourth-order valence-electron chi connectivity index (χ4n) is 3.78. The molecule has 0 spiro atoms. The Balaban J connectivity index is 2.07. The smallest absolute Gasteiger partial charge is 0.264 e. The van der Waals surface area contributed by atoms with Crippen LogP contribution in [0.2, 0.25) is 15.1 Å². The molecule has 0 fully saturated rings. The first-order valence-electron chi connectivity index (χ1n) is 12.2. The Kier molecular flexibility index (Phi) is 10.1. The normalized spacial score (nSPS) is 12.5. The van der Waals surface area contributed by atoms with Crippen molar-refractivity contribution in [2.24, 2.45) is 0 Å². The third kappa shape index (κ3) is 7.87. The van der Waals surface area contributed by atoms with Gasteiger partial charge in [-0.15, -0.1) is 0 Å². The summed E-state index contributed by atoms with van der Waals surface area (Å²) in [6.45, 7) is 6.10. The lowest BCUT2D eigenvalue weighted by Crippen LogP contribution is -2.54. The zero-order valence-corrected chi connectivity index (χ0v) is 25.4. The van der Waals surface area contributed by atoms with Gasteiger partial charge < -0.3 is 10.2 Å². The number of halogens is 4. The number of carbonyl (C=O) groups excluding carboxylic acids is 2. The number of anilines is 1. The van der Waals surface area contributed by atoms with E-state index in [9.17, 15) is 22.4 Å². The van der Waals surface area contributed by atoms with Crippen LogP contribution in [0.4, 0.5) is 10.1 Å². The molecule has 40 heavy (non-hydrogen) atoms. The van der Waals surface area contributed by atoms with E-state index in [0.29, 0.717) is 10.6 Å². The van der Waals surface area contributed by atoms with Gasteiger partial charge >= 0.3 is 0 Å². The zero-order chi connectivity index (χ0) is 29.8. The Morgan fingerprint density at radius 2 is 1.60 bits per heavy atom. The van der Waals surface area contributed by atoms with E-state index in [2.05, 4.69) is 5.32 Å². The van der Waals surface area contributed by atoms with Gasteiger partial charge in [0, 0.05) is 22.1 Å². The number of rotatable bonds is 9. The van der Waals surface area contributed by atoms with Crippen LogP contribution in [-0.2, 0) is 26.2 Å². The van der Waals surface area contributed by atoms with Crippen molar-refractivity contribution in [1.82, 2.24) is 10.2 Å². The van der Waals surface area contributed by atoms with Crippen LogP contribution in [0, 0.1) is 5.82 Å². The SMILES string of the molecule is CC(C(=O)NC(C)(C)C)N(Cc1ccc(Cl)cc1Cl)C(=O)CN(c1ccc(F)c(Cl)c1)S(=O)(=O)c1ccccc1. The Labute approximate surface area is 248 Å². The third-order valence-electron chi connectivity index (χ3n) is 5.82. The van der Waals surface area contributed by atoms with Gasteiger partial charge in [-0.2, -0.15) is 0 Å². The molecule has 0 aliphatic heterocycles. The van der Waals surface area contributed by atoms with E-state index >= 15 is 0 Å². The van der Waals surface area contributed by atoms with Gasteiger partial charge in [-0.3, -0.25) is 13.9 Å². The number of nitrogens with zero attached hydrogens (tertiary/aromatic N) is 2. The van der Waals surface area contributed by atoms with E-state index in [1.807, 2.05) is 0 Å². The summed E-state index contributed by atoms with van der Waals surface area (Å²) >= 11 is 18.4. The van der Waals surface area contributed by atoms with Crippen molar-refractivity contribution in [2.45, 2.75) is 50.7 Å². The molecule has 0 aromatic heterocycles. The molecule has 12 heteroatoms. The predicted octanol–water partition coefficient (Wildman–Crippen LogP) is 6.31. The van der Waals surface area contributed by atoms with Crippen LogP contribution in [0.3, 0.4) is 0 Å². The molecule has 1 atom stereocenters. The highest BCUT2D eigenvalue weighted by Gasteiger charge is 2.33. The maximum atomic E-state index is 14.0. The molecule has 0 bridgehead atoms. The van der Waals surface area contributed by atoms with Crippen LogP contribution in [0.5, 0.6) is 0 Å². The number of sulfonamides is 1. The summed E-state index contributed by atoms with van der Waals surface area (Å²) in [4.78, 5) is 28.2. The molecule has 214 valence electrons. The van der Waals surface area contributed by atoms with Gasteiger partial charge in [0.1, 0.15) is 18.4 Å². The number of amides is 2. The van der Waals surface area contributed by atoms with Gasteiger partial charge in [0.15, 0.2) is 0 Å². The molecule has 3 aromatic carbocycles. The minimum Gasteiger partial charge on any atom is -0.350 e. The molecule has 0 radical (unpaired) electrons. The molecule has 1 unspecified atom stereocenters. The van der Waals surface area contributed by atoms with Crippen LogP contribution in [0.1, 0.15) is 33.3 Å². The third-order valence-corrected chi connectivity index (χ3v) is 8.49. The van der Waals surface area contributed by atoms with Crippen molar-refractivity contribution >= 4 is 62.3 Å². The van der Waals surface area contributed by atoms with Crippen LogP contribution in [0.15, 0.2) is 71.6 Å². The zero-order valence-electron chi connectivity index (χ0n) is 22.3. The molecule has 0 aliphatic rings. The maximum absolute atomic E-state index is 14.0. The molecule has 0 heterocycles. The monoisotopic (exact) mass is 627 g/mol. The molecule has 0 saturated carbocycles. The lowest BCUT2D eigenvalue weighted by atomic mass is 10.1. The minimum absolute atomic E-state index is 0.0279. The average molecular weight is 629 g/mol. The van der Waals surface area contributed by atoms with E-state index in [0.717, 1.165) is 16.4 Å². The number of hydrogen-bond donors (Lipinski definition) is 1. The number of carbonyl (C=O) groups is 2. The summed E-state index contributed by atoms with van der Waals surface area (Å²) in [6, 6.07) is 14.5. The van der Waals surface area contributed by atoms with Gasteiger partial charge in [-0.25, -0.2) is 12.8 Å². The topological polar surface area (TPSA) is 86.8 Å². The lowest BCUT2D eigenvalue weighted by Gasteiger charge is -2.33. The minimum atomic E-state index is -4.31. The quantitative estimate of drug-likeness (QED) is 0.301. The van der Waals surface area contributed by atoms with Crippen molar-refractivity contribution in [3.63, 3.8) is 0 Å². The molecule has 3 aromatic rings. The Hall–Kier alpha value is -2.85. The summed E-state index contributed by atoms with van der Waals surface area (Å²) in [5, 5.41) is 3.18. The second-order valence-electron chi connectivity index (χ2n) is 10.1. The first kappa shape index (κ1) is 31.7. The fourth-order valence-corrected chi connectivity index (χ4v) is 5.85. The van der Waals surface area contributed by atoms with Gasteiger partial charge in [0.05, 0.1) is 15.6 Å². The van der Waals surface area contributed by atoms with Crippen molar-refractivity contribution in [2.75, 3.05) is 10.8 Å². The molecule has 0 saturated heterocycles. The van der Waals surface area contributed by atoms with Crippen molar-refractivity contribution in [3.05, 3.63) is 93.2 Å². The van der Waals surface area contributed by atoms with Crippen molar-refractivity contribution < 1.29 is 22.4 Å². The van der Waals surface area contributed by atoms with Gasteiger partial charge in [-0.05, 0) is 75.7 Å². The van der Waals surface area contributed by atoms with E-state index in [1.165, 1.54) is 48.2 Å².